The van der Waals surface area contributed by atoms with E-state index in [1.54, 1.807) is 0 Å². The standard InChI is InChI=1S/C10H19NO/c1-10(2,3)11-8-6-7-4-5-9(8)12-7/h7-9,11H,4-6H2,1-3H3. The Labute approximate surface area is 74.7 Å². The summed E-state index contributed by atoms with van der Waals surface area (Å²) < 4.78 is 5.77. The predicted molar refractivity (Wildman–Crippen MR) is 49.2 cm³/mol. The lowest BCUT2D eigenvalue weighted by Gasteiger charge is -2.29. The van der Waals surface area contributed by atoms with E-state index >= 15 is 0 Å². The van der Waals surface area contributed by atoms with E-state index < -0.39 is 0 Å². The second kappa shape index (κ2) is 2.71. The van der Waals surface area contributed by atoms with Crippen LogP contribution in [0.4, 0.5) is 0 Å². The smallest absolute Gasteiger partial charge is 0.0733 e. The summed E-state index contributed by atoms with van der Waals surface area (Å²) in [5, 5.41) is 3.62. The molecule has 1 N–H and O–H groups in total. The summed E-state index contributed by atoms with van der Waals surface area (Å²) in [6.07, 6.45) is 4.84. The van der Waals surface area contributed by atoms with Gasteiger partial charge < -0.3 is 10.1 Å². The Bertz CT molecular complexity index is 173. The van der Waals surface area contributed by atoms with Gasteiger partial charge in [0.05, 0.1) is 12.2 Å². The van der Waals surface area contributed by atoms with Crippen LogP contribution in [0.2, 0.25) is 0 Å². The number of rotatable bonds is 1. The maximum Gasteiger partial charge on any atom is 0.0733 e. The van der Waals surface area contributed by atoms with E-state index in [0.29, 0.717) is 18.2 Å². The zero-order chi connectivity index (χ0) is 8.77. The first kappa shape index (κ1) is 8.52. The van der Waals surface area contributed by atoms with Gasteiger partial charge in [-0.1, -0.05) is 0 Å². The van der Waals surface area contributed by atoms with Crippen molar-refractivity contribution in [2.45, 2.75) is 63.8 Å². The molecule has 2 aliphatic rings. The zero-order valence-corrected chi connectivity index (χ0v) is 8.26. The maximum absolute atomic E-state index is 5.77. The first-order chi connectivity index (χ1) is 5.54. The molecule has 3 atom stereocenters. The van der Waals surface area contributed by atoms with Crippen molar-refractivity contribution in [2.24, 2.45) is 0 Å². The van der Waals surface area contributed by atoms with Crippen molar-refractivity contribution < 1.29 is 4.74 Å². The van der Waals surface area contributed by atoms with Gasteiger partial charge in [-0.2, -0.15) is 0 Å². The number of ether oxygens (including phenoxy) is 1. The monoisotopic (exact) mass is 169 g/mol. The van der Waals surface area contributed by atoms with Crippen LogP contribution in [0.3, 0.4) is 0 Å². The summed E-state index contributed by atoms with van der Waals surface area (Å²) in [5.74, 6) is 0. The lowest BCUT2D eigenvalue weighted by molar-refractivity contribution is 0.0942. The van der Waals surface area contributed by atoms with Gasteiger partial charge in [0, 0.05) is 11.6 Å². The van der Waals surface area contributed by atoms with Gasteiger partial charge >= 0.3 is 0 Å². The van der Waals surface area contributed by atoms with E-state index in [1.165, 1.54) is 19.3 Å². The van der Waals surface area contributed by atoms with Crippen molar-refractivity contribution in [1.82, 2.24) is 5.32 Å². The molecular weight excluding hydrogens is 150 g/mol. The first-order valence-electron chi connectivity index (χ1n) is 4.98. The van der Waals surface area contributed by atoms with Crippen LogP contribution in [0.1, 0.15) is 40.0 Å². The van der Waals surface area contributed by atoms with Gasteiger partial charge in [0.2, 0.25) is 0 Å². The fourth-order valence-corrected chi connectivity index (χ4v) is 2.35. The molecule has 0 aromatic rings. The molecule has 2 heterocycles. The van der Waals surface area contributed by atoms with Crippen molar-refractivity contribution in [2.75, 3.05) is 0 Å². The van der Waals surface area contributed by atoms with E-state index in [2.05, 4.69) is 26.1 Å². The quantitative estimate of drug-likeness (QED) is 0.645. The summed E-state index contributed by atoms with van der Waals surface area (Å²) in [6, 6.07) is 0.615. The molecule has 2 saturated heterocycles. The molecule has 70 valence electrons. The van der Waals surface area contributed by atoms with E-state index in [4.69, 9.17) is 4.74 Å². The molecule has 12 heavy (non-hydrogen) atoms. The molecule has 0 spiro atoms. The van der Waals surface area contributed by atoms with Gasteiger partial charge in [-0.25, -0.2) is 0 Å². The van der Waals surface area contributed by atoms with Crippen LogP contribution in [0.25, 0.3) is 0 Å². The fourth-order valence-electron chi connectivity index (χ4n) is 2.35. The number of fused-ring (bicyclic) bond motifs is 2. The SMILES string of the molecule is CC(C)(C)NC1CC2CCC1O2. The van der Waals surface area contributed by atoms with Gasteiger partial charge in [0.25, 0.3) is 0 Å². The van der Waals surface area contributed by atoms with Crippen LogP contribution in [0, 0.1) is 0 Å². The summed E-state index contributed by atoms with van der Waals surface area (Å²) in [4.78, 5) is 0. The highest BCUT2D eigenvalue weighted by atomic mass is 16.5. The van der Waals surface area contributed by atoms with Crippen molar-refractivity contribution in [3.8, 4) is 0 Å². The molecule has 0 aromatic carbocycles. The van der Waals surface area contributed by atoms with Crippen molar-refractivity contribution in [3.05, 3.63) is 0 Å². The van der Waals surface area contributed by atoms with Gasteiger partial charge in [0.15, 0.2) is 0 Å². The number of hydrogen-bond donors (Lipinski definition) is 1. The Morgan fingerprint density at radius 3 is 2.42 bits per heavy atom. The Hall–Kier alpha value is -0.0800. The summed E-state index contributed by atoms with van der Waals surface area (Å²) in [7, 11) is 0. The predicted octanol–water partition coefficient (Wildman–Crippen LogP) is 1.69. The molecular formula is C10H19NO. The molecule has 2 aliphatic heterocycles. The normalized spacial score (nSPS) is 40.8. The van der Waals surface area contributed by atoms with E-state index in [9.17, 15) is 0 Å². The van der Waals surface area contributed by atoms with Crippen LogP contribution >= 0.6 is 0 Å². The van der Waals surface area contributed by atoms with Gasteiger partial charge in [-0.05, 0) is 40.0 Å². The molecule has 2 rings (SSSR count). The molecule has 2 fully saturated rings. The van der Waals surface area contributed by atoms with E-state index in [1.807, 2.05) is 0 Å². The van der Waals surface area contributed by atoms with Crippen molar-refractivity contribution in [1.29, 1.82) is 0 Å². The highest BCUT2D eigenvalue weighted by Gasteiger charge is 2.41. The Kier molecular flexibility index (Phi) is 1.92. The molecule has 3 unspecified atom stereocenters. The zero-order valence-electron chi connectivity index (χ0n) is 8.26. The molecule has 0 aromatic heterocycles. The first-order valence-corrected chi connectivity index (χ1v) is 4.98. The van der Waals surface area contributed by atoms with Crippen LogP contribution < -0.4 is 5.32 Å². The highest BCUT2D eigenvalue weighted by Crippen LogP contribution is 2.34. The van der Waals surface area contributed by atoms with Gasteiger partial charge in [-0.3, -0.25) is 0 Å². The molecule has 2 nitrogen and oxygen atoms in total. The summed E-state index contributed by atoms with van der Waals surface area (Å²) in [6.45, 7) is 6.66. The second-order valence-electron chi connectivity index (χ2n) is 5.11. The Morgan fingerprint density at radius 2 is 2.00 bits per heavy atom. The summed E-state index contributed by atoms with van der Waals surface area (Å²) >= 11 is 0. The molecule has 0 amide bonds. The minimum atomic E-state index is 0.235. The van der Waals surface area contributed by atoms with Crippen LogP contribution in [0.5, 0.6) is 0 Å². The Balaban J connectivity index is 1.91. The van der Waals surface area contributed by atoms with Crippen LogP contribution in [-0.4, -0.2) is 23.8 Å². The molecule has 2 heteroatoms. The average Bonchev–Trinajstić information content (AvgIpc) is 2.42. The lowest BCUT2D eigenvalue weighted by Crippen LogP contribution is -2.48. The van der Waals surface area contributed by atoms with Crippen LogP contribution in [0.15, 0.2) is 0 Å². The van der Waals surface area contributed by atoms with Crippen molar-refractivity contribution in [3.63, 3.8) is 0 Å². The summed E-state index contributed by atoms with van der Waals surface area (Å²) in [5.41, 5.74) is 0.235. The lowest BCUT2D eigenvalue weighted by atomic mass is 9.93. The van der Waals surface area contributed by atoms with Crippen molar-refractivity contribution >= 4 is 0 Å². The third kappa shape index (κ3) is 1.64. The molecule has 0 saturated carbocycles. The van der Waals surface area contributed by atoms with Crippen LogP contribution in [-0.2, 0) is 4.74 Å². The number of hydrogen-bond acceptors (Lipinski definition) is 2. The highest BCUT2D eigenvalue weighted by molar-refractivity contribution is 4.96. The third-order valence-corrected chi connectivity index (χ3v) is 2.72. The maximum atomic E-state index is 5.77. The van der Waals surface area contributed by atoms with Gasteiger partial charge in [0.1, 0.15) is 0 Å². The van der Waals surface area contributed by atoms with Gasteiger partial charge in [-0.15, -0.1) is 0 Å². The van der Waals surface area contributed by atoms with E-state index in [-0.39, 0.29) is 5.54 Å². The number of nitrogens with one attached hydrogen (secondary N) is 1. The minimum Gasteiger partial charge on any atom is -0.373 e. The fraction of sp³-hybridized carbons (Fsp3) is 1.00. The topological polar surface area (TPSA) is 21.3 Å². The third-order valence-electron chi connectivity index (χ3n) is 2.72. The Morgan fingerprint density at radius 1 is 1.25 bits per heavy atom. The molecule has 0 radical (unpaired) electrons. The molecule has 0 aliphatic carbocycles. The van der Waals surface area contributed by atoms with E-state index in [0.717, 1.165) is 0 Å². The average molecular weight is 169 g/mol. The molecule has 2 bridgehead atoms. The minimum absolute atomic E-state index is 0.235. The second-order valence-corrected chi connectivity index (χ2v) is 5.11. The largest absolute Gasteiger partial charge is 0.373 e.